The molecule has 1 aliphatic carbocycles. The SMILES string of the molecule is NC1(N(CCO)CCO)C=CC(/N=N/c2ccccc2)C=C1. The number of azo groups is 1. The van der Waals surface area contributed by atoms with Crippen molar-refractivity contribution in [2.75, 3.05) is 26.3 Å². The standard InChI is InChI=1S/C16H22N4O2/c17-16(20(10-12-21)11-13-22)8-6-15(7-9-16)19-18-14-4-2-1-3-5-14/h1-9,15,21-22H,10-13,17H2/b19-18+. The molecule has 0 spiro atoms. The number of nitrogens with two attached hydrogens (primary N) is 1. The smallest absolute Gasteiger partial charge is 0.108 e. The van der Waals surface area contributed by atoms with Crippen LogP contribution >= 0.6 is 0 Å². The zero-order chi connectivity index (χ0) is 15.8. The average Bonchev–Trinajstić information content (AvgIpc) is 2.55. The first-order valence-corrected chi connectivity index (χ1v) is 7.28. The van der Waals surface area contributed by atoms with Crippen molar-refractivity contribution >= 4 is 5.69 Å². The Labute approximate surface area is 130 Å². The fourth-order valence-electron chi connectivity index (χ4n) is 2.28. The highest BCUT2D eigenvalue weighted by atomic mass is 16.3. The van der Waals surface area contributed by atoms with Gasteiger partial charge in [0.15, 0.2) is 0 Å². The van der Waals surface area contributed by atoms with Crippen LogP contribution in [0.15, 0.2) is 64.9 Å². The van der Waals surface area contributed by atoms with E-state index in [1.54, 1.807) is 0 Å². The maximum atomic E-state index is 9.11. The number of benzene rings is 1. The van der Waals surface area contributed by atoms with E-state index in [1.807, 2.05) is 59.5 Å². The average molecular weight is 302 g/mol. The molecular formula is C16H22N4O2. The van der Waals surface area contributed by atoms with E-state index in [0.717, 1.165) is 5.69 Å². The van der Waals surface area contributed by atoms with Crippen molar-refractivity contribution in [2.24, 2.45) is 16.0 Å². The summed E-state index contributed by atoms with van der Waals surface area (Å²) in [6.07, 6.45) is 7.39. The Morgan fingerprint density at radius 3 is 2.18 bits per heavy atom. The molecule has 0 radical (unpaired) electrons. The summed E-state index contributed by atoms with van der Waals surface area (Å²) in [5.41, 5.74) is 6.29. The van der Waals surface area contributed by atoms with E-state index in [1.165, 1.54) is 0 Å². The van der Waals surface area contributed by atoms with E-state index in [2.05, 4.69) is 10.2 Å². The van der Waals surface area contributed by atoms with Gasteiger partial charge in [0.25, 0.3) is 0 Å². The predicted molar refractivity (Wildman–Crippen MR) is 85.7 cm³/mol. The van der Waals surface area contributed by atoms with Gasteiger partial charge in [-0.05, 0) is 24.3 Å². The fourth-order valence-corrected chi connectivity index (χ4v) is 2.28. The van der Waals surface area contributed by atoms with Crippen molar-refractivity contribution in [1.29, 1.82) is 0 Å². The number of hydrogen-bond acceptors (Lipinski definition) is 6. The molecule has 118 valence electrons. The Balaban J connectivity index is 2.02. The molecule has 0 bridgehead atoms. The molecule has 6 nitrogen and oxygen atoms in total. The van der Waals surface area contributed by atoms with E-state index >= 15 is 0 Å². The summed E-state index contributed by atoms with van der Waals surface area (Å²) in [7, 11) is 0. The van der Waals surface area contributed by atoms with Gasteiger partial charge in [-0.25, -0.2) is 0 Å². The fraction of sp³-hybridized carbons (Fsp3) is 0.375. The van der Waals surface area contributed by atoms with Crippen LogP contribution in [-0.2, 0) is 0 Å². The molecule has 1 aromatic carbocycles. The van der Waals surface area contributed by atoms with E-state index in [0.29, 0.717) is 13.1 Å². The Bertz CT molecular complexity index is 522. The second-order valence-electron chi connectivity index (χ2n) is 5.08. The molecule has 0 aromatic heterocycles. The summed E-state index contributed by atoms with van der Waals surface area (Å²) in [5, 5.41) is 26.7. The molecule has 22 heavy (non-hydrogen) atoms. The maximum Gasteiger partial charge on any atom is 0.108 e. The third-order valence-corrected chi connectivity index (χ3v) is 3.47. The molecule has 1 aromatic rings. The highest BCUT2D eigenvalue weighted by Gasteiger charge is 2.28. The van der Waals surface area contributed by atoms with Gasteiger partial charge in [0, 0.05) is 13.1 Å². The second-order valence-corrected chi connectivity index (χ2v) is 5.08. The summed E-state index contributed by atoms with van der Waals surface area (Å²) in [6, 6.07) is 9.36. The van der Waals surface area contributed by atoms with Crippen LogP contribution in [0.1, 0.15) is 0 Å². The largest absolute Gasteiger partial charge is 0.395 e. The molecule has 6 heteroatoms. The molecule has 0 fully saturated rings. The van der Waals surface area contributed by atoms with Crippen molar-refractivity contribution in [3.8, 4) is 0 Å². The topological polar surface area (TPSA) is 94.4 Å². The molecule has 0 atom stereocenters. The van der Waals surface area contributed by atoms with Gasteiger partial charge in [-0.2, -0.15) is 10.2 Å². The van der Waals surface area contributed by atoms with Crippen LogP contribution in [0.5, 0.6) is 0 Å². The molecule has 4 N–H and O–H groups in total. The monoisotopic (exact) mass is 302 g/mol. The van der Waals surface area contributed by atoms with Crippen LogP contribution in [-0.4, -0.2) is 53.1 Å². The van der Waals surface area contributed by atoms with Crippen LogP contribution in [0.3, 0.4) is 0 Å². The van der Waals surface area contributed by atoms with Gasteiger partial charge in [0.1, 0.15) is 11.7 Å². The third kappa shape index (κ3) is 4.32. The molecule has 0 heterocycles. The number of nitrogens with zero attached hydrogens (tertiary/aromatic N) is 3. The van der Waals surface area contributed by atoms with Crippen LogP contribution in [0, 0.1) is 0 Å². The van der Waals surface area contributed by atoms with Gasteiger partial charge < -0.3 is 15.9 Å². The minimum Gasteiger partial charge on any atom is -0.395 e. The summed E-state index contributed by atoms with van der Waals surface area (Å²) in [5.74, 6) is 0. The number of hydrogen-bond donors (Lipinski definition) is 3. The summed E-state index contributed by atoms with van der Waals surface area (Å²) < 4.78 is 0. The maximum absolute atomic E-state index is 9.11. The Morgan fingerprint density at radius 1 is 1.05 bits per heavy atom. The van der Waals surface area contributed by atoms with Gasteiger partial charge in [0.05, 0.1) is 18.9 Å². The van der Waals surface area contributed by atoms with Crippen LogP contribution in [0.25, 0.3) is 0 Å². The number of aliphatic hydroxyl groups excluding tert-OH is 2. The molecule has 1 aliphatic rings. The normalized spacial score (nSPS) is 24.5. The Hall–Kier alpha value is -1.86. The van der Waals surface area contributed by atoms with Gasteiger partial charge in [0.2, 0.25) is 0 Å². The highest BCUT2D eigenvalue weighted by molar-refractivity contribution is 5.35. The van der Waals surface area contributed by atoms with E-state index in [4.69, 9.17) is 15.9 Å². The van der Waals surface area contributed by atoms with E-state index in [9.17, 15) is 0 Å². The van der Waals surface area contributed by atoms with E-state index in [-0.39, 0.29) is 19.3 Å². The van der Waals surface area contributed by atoms with Crippen LogP contribution in [0.2, 0.25) is 0 Å². The van der Waals surface area contributed by atoms with Crippen molar-refractivity contribution < 1.29 is 10.2 Å². The van der Waals surface area contributed by atoms with Crippen molar-refractivity contribution in [2.45, 2.75) is 11.7 Å². The van der Waals surface area contributed by atoms with E-state index < -0.39 is 5.66 Å². The number of aliphatic hydroxyl groups is 2. The first kappa shape index (κ1) is 16.5. The summed E-state index contributed by atoms with van der Waals surface area (Å²) in [4.78, 5) is 1.81. The second kappa shape index (κ2) is 7.95. The van der Waals surface area contributed by atoms with Crippen molar-refractivity contribution in [1.82, 2.24) is 4.90 Å². The van der Waals surface area contributed by atoms with Gasteiger partial charge >= 0.3 is 0 Å². The van der Waals surface area contributed by atoms with Gasteiger partial charge in [-0.3, -0.25) is 4.90 Å². The molecule has 0 unspecified atom stereocenters. The molecule has 0 saturated heterocycles. The minimum absolute atomic E-state index is 0.0161. The lowest BCUT2D eigenvalue weighted by Gasteiger charge is -2.37. The zero-order valence-electron chi connectivity index (χ0n) is 12.4. The van der Waals surface area contributed by atoms with Crippen molar-refractivity contribution in [3.05, 3.63) is 54.6 Å². The van der Waals surface area contributed by atoms with Gasteiger partial charge in [-0.1, -0.05) is 30.4 Å². The molecule has 0 saturated carbocycles. The molecular weight excluding hydrogens is 280 g/mol. The van der Waals surface area contributed by atoms with Gasteiger partial charge in [-0.15, -0.1) is 0 Å². The Morgan fingerprint density at radius 2 is 1.64 bits per heavy atom. The lowest BCUT2D eigenvalue weighted by molar-refractivity contribution is 0.107. The quantitative estimate of drug-likeness (QED) is 0.401. The first-order valence-electron chi connectivity index (χ1n) is 7.28. The highest BCUT2D eigenvalue weighted by Crippen LogP contribution is 2.20. The first-order chi connectivity index (χ1) is 10.7. The zero-order valence-corrected chi connectivity index (χ0v) is 12.4. The van der Waals surface area contributed by atoms with Crippen LogP contribution in [0.4, 0.5) is 5.69 Å². The Kier molecular flexibility index (Phi) is 5.97. The van der Waals surface area contributed by atoms with Crippen molar-refractivity contribution in [3.63, 3.8) is 0 Å². The predicted octanol–water partition coefficient (Wildman–Crippen LogP) is 1.21. The summed E-state index contributed by atoms with van der Waals surface area (Å²) >= 11 is 0. The molecule has 0 amide bonds. The molecule has 2 rings (SSSR count). The minimum atomic E-state index is -0.815. The lowest BCUT2D eigenvalue weighted by atomic mass is 10.00. The molecule has 0 aliphatic heterocycles. The third-order valence-electron chi connectivity index (χ3n) is 3.47. The van der Waals surface area contributed by atoms with Crippen LogP contribution < -0.4 is 5.73 Å². The summed E-state index contributed by atoms with van der Waals surface area (Å²) in [6.45, 7) is 0.749. The number of rotatable bonds is 7. The lowest BCUT2D eigenvalue weighted by Crippen LogP contribution is -2.56.